The Labute approximate surface area is 60.6 Å². The lowest BCUT2D eigenvalue weighted by Gasteiger charge is -2.04. The van der Waals surface area contributed by atoms with E-state index < -0.39 is 0 Å². The molecule has 0 aliphatic carbocycles. The number of rotatable bonds is 4. The monoisotopic (exact) mass is 146 g/mol. The average Bonchev–Trinajstić information content (AvgIpc) is 1.91. The summed E-state index contributed by atoms with van der Waals surface area (Å²) in [6, 6.07) is 0. The number of hydrogen-bond acceptors (Lipinski definition) is 3. The van der Waals surface area contributed by atoms with Crippen molar-refractivity contribution in [1.29, 1.82) is 0 Å². The average molecular weight is 146 g/mol. The van der Waals surface area contributed by atoms with Crippen molar-refractivity contribution in [3.8, 4) is 0 Å². The van der Waals surface area contributed by atoms with E-state index in [0.717, 1.165) is 5.57 Å². The summed E-state index contributed by atoms with van der Waals surface area (Å²) in [7, 11) is 0. The molecule has 60 valence electrons. The normalized spacial score (nSPS) is 9.60. The van der Waals surface area contributed by atoms with Crippen molar-refractivity contribution >= 4 is 0 Å². The molecule has 0 amide bonds. The Morgan fingerprint density at radius 2 is 1.60 bits per heavy atom. The van der Waals surface area contributed by atoms with E-state index in [1.54, 1.807) is 6.92 Å². The second kappa shape index (κ2) is 5.41. The van der Waals surface area contributed by atoms with Crippen molar-refractivity contribution in [3.05, 3.63) is 11.1 Å². The molecular weight excluding hydrogens is 132 g/mol. The fraction of sp³-hybridized carbons (Fsp3) is 0.714. The lowest BCUT2D eigenvalue weighted by atomic mass is 10.1. The first kappa shape index (κ1) is 9.62. The maximum absolute atomic E-state index is 8.62. The Morgan fingerprint density at radius 1 is 1.10 bits per heavy atom. The molecule has 0 aromatic carbocycles. The van der Waals surface area contributed by atoms with E-state index in [2.05, 4.69) is 0 Å². The van der Waals surface area contributed by atoms with Crippen molar-refractivity contribution in [2.24, 2.45) is 0 Å². The lowest BCUT2D eigenvalue weighted by molar-refractivity contribution is 0.269. The fourth-order valence-corrected chi connectivity index (χ4v) is 0.664. The number of hydrogen-bond donors (Lipinski definition) is 3. The van der Waals surface area contributed by atoms with E-state index in [1.807, 2.05) is 0 Å². The first-order chi connectivity index (χ1) is 4.76. The van der Waals surface area contributed by atoms with E-state index in [-0.39, 0.29) is 19.8 Å². The van der Waals surface area contributed by atoms with Gasteiger partial charge < -0.3 is 15.3 Å². The van der Waals surface area contributed by atoms with Gasteiger partial charge in [-0.3, -0.25) is 0 Å². The number of aliphatic hydroxyl groups is 3. The second-order valence-corrected chi connectivity index (χ2v) is 2.17. The van der Waals surface area contributed by atoms with Crippen molar-refractivity contribution in [2.75, 3.05) is 19.8 Å². The molecule has 0 fully saturated rings. The molecule has 0 rings (SSSR count). The van der Waals surface area contributed by atoms with Crippen LogP contribution in [0.3, 0.4) is 0 Å². The largest absolute Gasteiger partial charge is 0.396 e. The molecule has 0 atom stereocenters. The van der Waals surface area contributed by atoms with Crippen LogP contribution in [0.2, 0.25) is 0 Å². The van der Waals surface area contributed by atoms with Crippen LogP contribution < -0.4 is 0 Å². The molecule has 0 saturated heterocycles. The number of aliphatic hydroxyl groups excluding tert-OH is 3. The van der Waals surface area contributed by atoms with Gasteiger partial charge >= 0.3 is 0 Å². The molecule has 0 aliphatic heterocycles. The molecule has 10 heavy (non-hydrogen) atoms. The standard InChI is InChI=1S/C7H14O3/c1-6(2-3-8)7(4-9)5-10/h8-10H,2-5H2,1H3. The van der Waals surface area contributed by atoms with Gasteiger partial charge in [0.05, 0.1) is 13.2 Å². The highest BCUT2D eigenvalue weighted by molar-refractivity contribution is 5.12. The molecule has 0 aliphatic rings. The maximum Gasteiger partial charge on any atom is 0.0666 e. The van der Waals surface area contributed by atoms with Crippen LogP contribution in [0.25, 0.3) is 0 Å². The van der Waals surface area contributed by atoms with Crippen molar-refractivity contribution in [3.63, 3.8) is 0 Å². The maximum atomic E-state index is 8.62. The van der Waals surface area contributed by atoms with Crippen LogP contribution in [-0.4, -0.2) is 35.1 Å². The van der Waals surface area contributed by atoms with Gasteiger partial charge in [-0.2, -0.15) is 0 Å². The van der Waals surface area contributed by atoms with Crippen LogP contribution in [0.1, 0.15) is 13.3 Å². The van der Waals surface area contributed by atoms with Crippen molar-refractivity contribution < 1.29 is 15.3 Å². The summed E-state index contributed by atoms with van der Waals surface area (Å²) >= 11 is 0. The van der Waals surface area contributed by atoms with Gasteiger partial charge in [0.15, 0.2) is 0 Å². The highest BCUT2D eigenvalue weighted by Gasteiger charge is 1.98. The van der Waals surface area contributed by atoms with Crippen LogP contribution >= 0.6 is 0 Å². The summed E-state index contributed by atoms with van der Waals surface area (Å²) in [5, 5.41) is 25.7. The lowest BCUT2D eigenvalue weighted by Crippen LogP contribution is -2.01. The van der Waals surface area contributed by atoms with Gasteiger partial charge in [-0.25, -0.2) is 0 Å². The van der Waals surface area contributed by atoms with E-state index in [1.165, 1.54) is 0 Å². The van der Waals surface area contributed by atoms with Crippen LogP contribution in [0.5, 0.6) is 0 Å². The quantitative estimate of drug-likeness (QED) is 0.476. The molecule has 3 nitrogen and oxygen atoms in total. The Bertz CT molecular complexity index is 112. The zero-order valence-corrected chi connectivity index (χ0v) is 6.17. The SMILES string of the molecule is CC(CCO)=C(CO)CO. The van der Waals surface area contributed by atoms with Crippen molar-refractivity contribution in [2.45, 2.75) is 13.3 Å². The molecular formula is C7H14O3. The second-order valence-electron chi connectivity index (χ2n) is 2.17. The summed E-state index contributed by atoms with van der Waals surface area (Å²) in [5.41, 5.74) is 1.47. The van der Waals surface area contributed by atoms with Gasteiger partial charge in [0, 0.05) is 6.61 Å². The molecule has 0 radical (unpaired) electrons. The van der Waals surface area contributed by atoms with Crippen LogP contribution in [0.15, 0.2) is 11.1 Å². The van der Waals surface area contributed by atoms with Crippen molar-refractivity contribution in [1.82, 2.24) is 0 Å². The third-order valence-corrected chi connectivity index (χ3v) is 1.47. The first-order valence-electron chi connectivity index (χ1n) is 3.26. The fourth-order valence-electron chi connectivity index (χ4n) is 0.664. The summed E-state index contributed by atoms with van der Waals surface area (Å²) in [4.78, 5) is 0. The predicted octanol–water partition coefficient (Wildman–Crippen LogP) is -0.330. The van der Waals surface area contributed by atoms with Gasteiger partial charge in [-0.1, -0.05) is 5.57 Å². The van der Waals surface area contributed by atoms with Gasteiger partial charge in [0.2, 0.25) is 0 Å². The summed E-state index contributed by atoms with van der Waals surface area (Å²) in [6.07, 6.45) is 0.524. The first-order valence-corrected chi connectivity index (χ1v) is 3.26. The summed E-state index contributed by atoms with van der Waals surface area (Å²) in [5.74, 6) is 0. The molecule has 3 heteroatoms. The minimum atomic E-state index is -0.123. The van der Waals surface area contributed by atoms with E-state index in [9.17, 15) is 0 Å². The molecule has 0 aromatic rings. The van der Waals surface area contributed by atoms with E-state index in [0.29, 0.717) is 12.0 Å². The Morgan fingerprint density at radius 3 is 1.90 bits per heavy atom. The van der Waals surface area contributed by atoms with E-state index in [4.69, 9.17) is 15.3 Å². The molecule has 0 spiro atoms. The van der Waals surface area contributed by atoms with E-state index >= 15 is 0 Å². The highest BCUT2D eigenvalue weighted by atomic mass is 16.3. The third kappa shape index (κ3) is 2.96. The van der Waals surface area contributed by atoms with Gasteiger partial charge in [0.25, 0.3) is 0 Å². The highest BCUT2D eigenvalue weighted by Crippen LogP contribution is 2.05. The third-order valence-electron chi connectivity index (χ3n) is 1.47. The summed E-state index contributed by atoms with van der Waals surface area (Å²) < 4.78 is 0. The zero-order chi connectivity index (χ0) is 7.98. The smallest absolute Gasteiger partial charge is 0.0666 e. The molecule has 0 saturated carbocycles. The Hall–Kier alpha value is -0.380. The van der Waals surface area contributed by atoms with Crippen LogP contribution in [0, 0.1) is 0 Å². The van der Waals surface area contributed by atoms with Gasteiger partial charge in [-0.15, -0.1) is 0 Å². The van der Waals surface area contributed by atoms with Crippen LogP contribution in [0.4, 0.5) is 0 Å². The van der Waals surface area contributed by atoms with Gasteiger partial charge in [0.1, 0.15) is 0 Å². The molecule has 0 aromatic heterocycles. The molecule has 3 N–H and O–H groups in total. The molecule has 0 heterocycles. The molecule has 0 bridgehead atoms. The zero-order valence-electron chi connectivity index (χ0n) is 6.17. The van der Waals surface area contributed by atoms with Crippen LogP contribution in [-0.2, 0) is 0 Å². The Kier molecular flexibility index (Phi) is 5.20. The Balaban J connectivity index is 3.98. The predicted molar refractivity (Wildman–Crippen MR) is 38.6 cm³/mol. The minimum Gasteiger partial charge on any atom is -0.396 e. The van der Waals surface area contributed by atoms with Gasteiger partial charge in [-0.05, 0) is 18.9 Å². The molecule has 0 unspecified atom stereocenters. The topological polar surface area (TPSA) is 60.7 Å². The summed E-state index contributed by atoms with van der Waals surface area (Å²) in [6.45, 7) is 1.61. The minimum absolute atomic E-state index is 0.0648.